The predicted molar refractivity (Wildman–Crippen MR) is 78.0 cm³/mol. The molecule has 0 atom stereocenters. The molecular weight excluding hydrogens is 256 g/mol. The van der Waals surface area contributed by atoms with Gasteiger partial charge in [-0.05, 0) is 18.1 Å². The Hall–Kier alpha value is -2.30. The van der Waals surface area contributed by atoms with Crippen molar-refractivity contribution in [2.45, 2.75) is 6.42 Å². The summed E-state index contributed by atoms with van der Waals surface area (Å²) >= 11 is 0. The zero-order valence-electron chi connectivity index (χ0n) is 11.9. The van der Waals surface area contributed by atoms with Crippen LogP contribution in [0.1, 0.15) is 15.9 Å². The fourth-order valence-electron chi connectivity index (χ4n) is 1.89. The van der Waals surface area contributed by atoms with E-state index >= 15 is 0 Å². The molecule has 5 heteroatoms. The van der Waals surface area contributed by atoms with Gasteiger partial charge < -0.3 is 14.9 Å². The number of aromatic carboxylic acids is 1. The summed E-state index contributed by atoms with van der Waals surface area (Å²) in [5.74, 6) is -0.946. The number of amides is 2. The quantitative estimate of drug-likeness (QED) is 0.809. The first-order valence-corrected chi connectivity index (χ1v) is 6.35. The van der Waals surface area contributed by atoms with E-state index in [4.69, 9.17) is 5.11 Å². The lowest BCUT2D eigenvalue weighted by atomic mass is 10.0. The van der Waals surface area contributed by atoms with Crippen LogP contribution in [0.3, 0.4) is 0 Å². The molecule has 0 aliphatic heterocycles. The number of hydrogen-bond acceptors (Lipinski definition) is 2. The minimum Gasteiger partial charge on any atom is -0.478 e. The van der Waals surface area contributed by atoms with Crippen molar-refractivity contribution in [2.75, 3.05) is 27.2 Å². The van der Waals surface area contributed by atoms with Crippen LogP contribution in [0, 0.1) is 0 Å². The van der Waals surface area contributed by atoms with E-state index in [9.17, 15) is 9.59 Å². The Kier molecular flexibility index (Phi) is 5.77. The number of rotatable bonds is 6. The molecule has 0 saturated heterocycles. The van der Waals surface area contributed by atoms with Gasteiger partial charge in [0.2, 0.25) is 0 Å². The highest BCUT2D eigenvalue weighted by atomic mass is 16.4. The summed E-state index contributed by atoms with van der Waals surface area (Å²) in [7, 11) is 3.40. The standard InChI is InChI=1S/C15H20N2O3/c1-4-10-16(2)15(20)17(3)11-9-12-7-5-6-8-13(12)14(18)19/h4-8H,1,9-11H2,2-3H3,(H,18,19). The molecule has 0 fully saturated rings. The topological polar surface area (TPSA) is 60.9 Å². The Balaban J connectivity index is 2.65. The number of carboxylic acid groups (broad SMARTS) is 1. The van der Waals surface area contributed by atoms with Crippen LogP contribution in [-0.4, -0.2) is 54.1 Å². The molecule has 0 spiro atoms. The van der Waals surface area contributed by atoms with Crippen molar-refractivity contribution in [1.29, 1.82) is 0 Å². The average Bonchev–Trinajstić information content (AvgIpc) is 2.44. The van der Waals surface area contributed by atoms with Crippen molar-refractivity contribution in [3.8, 4) is 0 Å². The monoisotopic (exact) mass is 276 g/mol. The van der Waals surface area contributed by atoms with Gasteiger partial charge in [0.1, 0.15) is 0 Å². The van der Waals surface area contributed by atoms with E-state index in [0.29, 0.717) is 19.5 Å². The maximum atomic E-state index is 12.0. The van der Waals surface area contributed by atoms with Crippen LogP contribution in [0.5, 0.6) is 0 Å². The third kappa shape index (κ3) is 4.12. The summed E-state index contributed by atoms with van der Waals surface area (Å²) in [5, 5.41) is 9.10. The van der Waals surface area contributed by atoms with Gasteiger partial charge in [-0.1, -0.05) is 24.3 Å². The van der Waals surface area contributed by atoms with Crippen molar-refractivity contribution in [3.05, 3.63) is 48.0 Å². The zero-order valence-corrected chi connectivity index (χ0v) is 11.9. The molecule has 1 N–H and O–H groups in total. The molecule has 1 aromatic carbocycles. The Labute approximate surface area is 119 Å². The molecule has 0 unspecified atom stereocenters. The Bertz CT molecular complexity index is 500. The predicted octanol–water partition coefficient (Wildman–Crippen LogP) is 2.10. The molecule has 0 bridgehead atoms. The minimum atomic E-state index is -0.946. The zero-order chi connectivity index (χ0) is 15.1. The molecule has 1 aromatic rings. The molecular formula is C15H20N2O3. The van der Waals surface area contributed by atoms with Crippen LogP contribution in [0.15, 0.2) is 36.9 Å². The van der Waals surface area contributed by atoms with Gasteiger partial charge in [-0.3, -0.25) is 0 Å². The molecule has 0 aliphatic rings. The van der Waals surface area contributed by atoms with Crippen molar-refractivity contribution < 1.29 is 14.7 Å². The van der Waals surface area contributed by atoms with Gasteiger partial charge >= 0.3 is 12.0 Å². The van der Waals surface area contributed by atoms with Crippen LogP contribution in [0.25, 0.3) is 0 Å². The van der Waals surface area contributed by atoms with Gasteiger partial charge in [0.15, 0.2) is 0 Å². The summed E-state index contributed by atoms with van der Waals surface area (Å²) in [4.78, 5) is 26.2. The smallest absolute Gasteiger partial charge is 0.335 e. The van der Waals surface area contributed by atoms with Crippen molar-refractivity contribution in [1.82, 2.24) is 9.80 Å². The molecule has 1 rings (SSSR count). The number of benzene rings is 1. The van der Waals surface area contributed by atoms with Crippen LogP contribution < -0.4 is 0 Å². The fourth-order valence-corrected chi connectivity index (χ4v) is 1.89. The normalized spacial score (nSPS) is 9.90. The van der Waals surface area contributed by atoms with Crippen LogP contribution in [0.4, 0.5) is 4.79 Å². The van der Waals surface area contributed by atoms with E-state index in [2.05, 4.69) is 6.58 Å². The van der Waals surface area contributed by atoms with Crippen molar-refractivity contribution in [2.24, 2.45) is 0 Å². The third-order valence-corrected chi connectivity index (χ3v) is 3.02. The van der Waals surface area contributed by atoms with Gasteiger partial charge in [-0.15, -0.1) is 6.58 Å². The number of urea groups is 1. The molecule has 108 valence electrons. The molecule has 0 aliphatic carbocycles. The van der Waals surface area contributed by atoms with Crippen LogP contribution in [-0.2, 0) is 6.42 Å². The number of carbonyl (C=O) groups is 2. The Morgan fingerprint density at radius 1 is 1.25 bits per heavy atom. The highest BCUT2D eigenvalue weighted by molar-refractivity contribution is 5.89. The van der Waals surface area contributed by atoms with E-state index in [1.807, 2.05) is 0 Å². The molecule has 20 heavy (non-hydrogen) atoms. The van der Waals surface area contributed by atoms with E-state index in [1.54, 1.807) is 54.2 Å². The van der Waals surface area contributed by atoms with Crippen LogP contribution in [0.2, 0.25) is 0 Å². The minimum absolute atomic E-state index is 0.113. The molecule has 2 amide bonds. The number of carboxylic acids is 1. The SMILES string of the molecule is C=CCN(C)C(=O)N(C)CCc1ccccc1C(=O)O. The lowest BCUT2D eigenvalue weighted by molar-refractivity contribution is 0.0695. The second-order valence-corrected chi connectivity index (χ2v) is 4.59. The average molecular weight is 276 g/mol. The number of hydrogen-bond donors (Lipinski definition) is 1. The first-order valence-electron chi connectivity index (χ1n) is 6.35. The summed E-state index contributed by atoms with van der Waals surface area (Å²) in [5.41, 5.74) is 1.01. The van der Waals surface area contributed by atoms with E-state index in [0.717, 1.165) is 5.56 Å². The Morgan fingerprint density at radius 2 is 1.90 bits per heavy atom. The largest absolute Gasteiger partial charge is 0.478 e. The number of nitrogens with zero attached hydrogens (tertiary/aromatic N) is 2. The third-order valence-electron chi connectivity index (χ3n) is 3.02. The lowest BCUT2D eigenvalue weighted by Gasteiger charge is -2.24. The summed E-state index contributed by atoms with van der Waals surface area (Å²) < 4.78 is 0. The molecule has 0 heterocycles. The first-order chi connectivity index (χ1) is 9.47. The van der Waals surface area contributed by atoms with Gasteiger partial charge in [-0.2, -0.15) is 0 Å². The van der Waals surface area contributed by atoms with Gasteiger partial charge in [-0.25, -0.2) is 9.59 Å². The molecule has 0 aromatic heterocycles. The van der Waals surface area contributed by atoms with E-state index < -0.39 is 5.97 Å². The van der Waals surface area contributed by atoms with E-state index in [-0.39, 0.29) is 11.6 Å². The van der Waals surface area contributed by atoms with Gasteiger partial charge in [0.25, 0.3) is 0 Å². The van der Waals surface area contributed by atoms with Gasteiger partial charge in [0, 0.05) is 27.2 Å². The van der Waals surface area contributed by atoms with Crippen LogP contribution >= 0.6 is 0 Å². The summed E-state index contributed by atoms with van der Waals surface area (Å²) in [6, 6.07) is 6.73. The number of likely N-dealkylation sites (N-methyl/N-ethyl adjacent to an activating group) is 2. The van der Waals surface area contributed by atoms with Crippen molar-refractivity contribution in [3.63, 3.8) is 0 Å². The van der Waals surface area contributed by atoms with Crippen molar-refractivity contribution >= 4 is 12.0 Å². The second kappa shape index (κ2) is 7.33. The maximum absolute atomic E-state index is 12.0. The molecule has 0 saturated carbocycles. The molecule has 5 nitrogen and oxygen atoms in total. The Morgan fingerprint density at radius 3 is 2.50 bits per heavy atom. The highest BCUT2D eigenvalue weighted by Crippen LogP contribution is 2.10. The maximum Gasteiger partial charge on any atom is 0.335 e. The molecule has 0 radical (unpaired) electrons. The summed E-state index contributed by atoms with van der Waals surface area (Å²) in [6.45, 7) is 4.53. The first kappa shape index (κ1) is 15.8. The summed E-state index contributed by atoms with van der Waals surface area (Å²) in [6.07, 6.45) is 2.16. The van der Waals surface area contributed by atoms with Gasteiger partial charge in [0.05, 0.1) is 5.56 Å². The second-order valence-electron chi connectivity index (χ2n) is 4.59. The fraction of sp³-hybridized carbons (Fsp3) is 0.333. The highest BCUT2D eigenvalue weighted by Gasteiger charge is 2.14. The number of carbonyl (C=O) groups excluding carboxylic acids is 1. The lowest BCUT2D eigenvalue weighted by Crippen LogP contribution is -2.39. The van der Waals surface area contributed by atoms with E-state index in [1.165, 1.54) is 0 Å².